The number of aromatic nitrogens is 3. The minimum Gasteiger partial charge on any atom is -0.508 e. The number of nitrogens with zero attached hydrogens (tertiary/aromatic N) is 3. The third-order valence-electron chi connectivity index (χ3n) is 4.37. The Morgan fingerprint density at radius 2 is 2.12 bits per heavy atom. The Balaban J connectivity index is 0.00000225. The number of anilines is 1. The highest BCUT2D eigenvalue weighted by Gasteiger charge is 2.21. The third-order valence-corrected chi connectivity index (χ3v) is 4.37. The summed E-state index contributed by atoms with van der Waals surface area (Å²) in [6.45, 7) is 3.77. The number of halogens is 1. The van der Waals surface area contributed by atoms with Crippen molar-refractivity contribution in [3.05, 3.63) is 35.2 Å². The van der Waals surface area contributed by atoms with E-state index >= 15 is 0 Å². The first-order chi connectivity index (χ1) is 11.5. The highest BCUT2D eigenvalue weighted by Crippen LogP contribution is 2.23. The zero-order valence-electron chi connectivity index (χ0n) is 14.5. The lowest BCUT2D eigenvalue weighted by Gasteiger charge is -2.19. The van der Waals surface area contributed by atoms with Crippen LogP contribution in [-0.4, -0.2) is 38.9 Å². The van der Waals surface area contributed by atoms with Gasteiger partial charge in [-0.15, -0.1) is 12.4 Å². The molecular weight excluding hydrogens is 342 g/mol. The molecule has 3 N–H and O–H groups in total. The number of carbonyl (C=O) groups excluding carboxylic acids is 1. The first-order valence-corrected chi connectivity index (χ1v) is 8.23. The highest BCUT2D eigenvalue weighted by molar-refractivity contribution is 5.90. The van der Waals surface area contributed by atoms with E-state index in [-0.39, 0.29) is 30.5 Å². The number of phenolic OH excluding ortho intramolecular Hbond substituents is 1. The number of carbonyl (C=O) groups is 1. The minimum absolute atomic E-state index is 0. The molecule has 0 atom stereocenters. The van der Waals surface area contributed by atoms with Gasteiger partial charge in [-0.05, 0) is 50.0 Å². The smallest absolute Gasteiger partial charge is 0.231 e. The Morgan fingerprint density at radius 1 is 1.40 bits per heavy atom. The molecule has 2 heterocycles. The largest absolute Gasteiger partial charge is 0.508 e. The van der Waals surface area contributed by atoms with Gasteiger partial charge in [0.1, 0.15) is 5.75 Å². The maximum atomic E-state index is 12.2. The van der Waals surface area contributed by atoms with Crippen LogP contribution in [0.1, 0.15) is 35.7 Å². The topological polar surface area (TPSA) is 92.1 Å². The van der Waals surface area contributed by atoms with Crippen molar-refractivity contribution in [3.8, 4) is 5.75 Å². The Labute approximate surface area is 153 Å². The molecule has 1 aromatic carbocycles. The maximum absolute atomic E-state index is 12.2. The van der Waals surface area contributed by atoms with Gasteiger partial charge in [-0.1, -0.05) is 12.1 Å². The van der Waals surface area contributed by atoms with E-state index in [0.717, 1.165) is 42.9 Å². The Bertz CT molecular complexity index is 741. The van der Waals surface area contributed by atoms with Crippen LogP contribution in [0.25, 0.3) is 0 Å². The lowest BCUT2D eigenvalue weighted by molar-refractivity contribution is -0.115. The summed E-state index contributed by atoms with van der Waals surface area (Å²) >= 11 is 0. The summed E-state index contributed by atoms with van der Waals surface area (Å²) in [5.74, 6) is 1.63. The van der Waals surface area contributed by atoms with Gasteiger partial charge in [0, 0.05) is 13.0 Å². The van der Waals surface area contributed by atoms with E-state index in [2.05, 4.69) is 20.7 Å². The molecule has 7 nitrogen and oxygen atoms in total. The number of phenols is 1. The molecule has 0 unspecified atom stereocenters. The Morgan fingerprint density at radius 3 is 2.80 bits per heavy atom. The molecule has 1 saturated heterocycles. The molecule has 1 amide bonds. The van der Waals surface area contributed by atoms with Gasteiger partial charge in [0.15, 0.2) is 5.82 Å². The van der Waals surface area contributed by atoms with Crippen LogP contribution in [-0.2, 0) is 18.3 Å². The molecule has 136 valence electrons. The summed E-state index contributed by atoms with van der Waals surface area (Å²) in [4.78, 5) is 16.7. The standard InChI is InChI=1S/C17H23N5O2.ClH/c1-11-3-4-12(9-14(11)23)10-15(24)19-17-20-16(21-22(17)2)13-5-7-18-8-6-13;/h3-4,9,13,18,23H,5-8,10H2,1-2H3,(H,19,20,21,24);1H. The molecule has 3 rings (SSSR count). The first kappa shape index (κ1) is 19.2. The van der Waals surface area contributed by atoms with Gasteiger partial charge >= 0.3 is 0 Å². The molecule has 1 aliphatic heterocycles. The predicted octanol–water partition coefficient (Wildman–Crippen LogP) is 1.90. The molecular formula is C17H24ClN5O2. The number of hydrogen-bond acceptors (Lipinski definition) is 5. The average molecular weight is 366 g/mol. The summed E-state index contributed by atoms with van der Waals surface area (Å²) in [6.07, 6.45) is 2.21. The minimum atomic E-state index is -0.175. The number of benzene rings is 1. The molecule has 1 aliphatic rings. The van der Waals surface area contributed by atoms with E-state index in [1.165, 1.54) is 0 Å². The summed E-state index contributed by atoms with van der Waals surface area (Å²) in [5.41, 5.74) is 1.55. The fraction of sp³-hybridized carbons (Fsp3) is 0.471. The van der Waals surface area contributed by atoms with Crippen molar-refractivity contribution in [2.24, 2.45) is 7.05 Å². The molecule has 25 heavy (non-hydrogen) atoms. The molecule has 1 fully saturated rings. The molecule has 1 aromatic heterocycles. The summed E-state index contributed by atoms with van der Waals surface area (Å²) in [7, 11) is 1.78. The van der Waals surface area contributed by atoms with E-state index in [0.29, 0.717) is 11.9 Å². The maximum Gasteiger partial charge on any atom is 0.231 e. The van der Waals surface area contributed by atoms with Crippen LogP contribution < -0.4 is 10.6 Å². The van der Waals surface area contributed by atoms with E-state index < -0.39 is 0 Å². The molecule has 0 saturated carbocycles. The van der Waals surface area contributed by atoms with Crippen molar-refractivity contribution in [1.82, 2.24) is 20.1 Å². The number of hydrogen-bond donors (Lipinski definition) is 3. The number of aromatic hydroxyl groups is 1. The average Bonchev–Trinajstić information content (AvgIpc) is 2.93. The number of aryl methyl sites for hydroxylation is 2. The van der Waals surface area contributed by atoms with E-state index in [1.54, 1.807) is 23.9 Å². The van der Waals surface area contributed by atoms with Crippen molar-refractivity contribution in [2.75, 3.05) is 18.4 Å². The summed E-state index contributed by atoms with van der Waals surface area (Å²) in [6, 6.07) is 5.26. The van der Waals surface area contributed by atoms with Crippen molar-refractivity contribution < 1.29 is 9.90 Å². The van der Waals surface area contributed by atoms with Gasteiger partial charge in [0.2, 0.25) is 11.9 Å². The van der Waals surface area contributed by atoms with Gasteiger partial charge in [0.05, 0.1) is 6.42 Å². The van der Waals surface area contributed by atoms with Gasteiger partial charge in [0.25, 0.3) is 0 Å². The van der Waals surface area contributed by atoms with Crippen LogP contribution in [0.4, 0.5) is 5.95 Å². The zero-order chi connectivity index (χ0) is 17.1. The van der Waals surface area contributed by atoms with Crippen LogP contribution in [0.5, 0.6) is 5.75 Å². The van der Waals surface area contributed by atoms with Gasteiger partial charge in [-0.25, -0.2) is 4.68 Å². The second-order valence-corrected chi connectivity index (χ2v) is 6.29. The van der Waals surface area contributed by atoms with Crippen LogP contribution in [0.3, 0.4) is 0 Å². The normalized spacial score (nSPS) is 14.8. The number of rotatable bonds is 4. The number of nitrogens with one attached hydrogen (secondary N) is 2. The van der Waals surface area contributed by atoms with Crippen molar-refractivity contribution in [1.29, 1.82) is 0 Å². The molecule has 8 heteroatoms. The van der Waals surface area contributed by atoms with E-state index in [1.807, 2.05) is 13.0 Å². The second-order valence-electron chi connectivity index (χ2n) is 6.29. The van der Waals surface area contributed by atoms with E-state index in [9.17, 15) is 9.90 Å². The molecule has 2 aromatic rings. The fourth-order valence-corrected chi connectivity index (χ4v) is 2.89. The van der Waals surface area contributed by atoms with Gasteiger partial charge in [-0.3, -0.25) is 10.1 Å². The lowest BCUT2D eigenvalue weighted by Crippen LogP contribution is -2.27. The van der Waals surface area contributed by atoms with Crippen molar-refractivity contribution >= 4 is 24.3 Å². The molecule has 0 spiro atoms. The van der Waals surface area contributed by atoms with Gasteiger partial charge < -0.3 is 10.4 Å². The molecule has 0 radical (unpaired) electrons. The third kappa shape index (κ3) is 4.70. The van der Waals surface area contributed by atoms with Crippen LogP contribution in [0.2, 0.25) is 0 Å². The lowest BCUT2D eigenvalue weighted by atomic mass is 9.98. The van der Waals surface area contributed by atoms with Gasteiger partial charge in [-0.2, -0.15) is 10.1 Å². The predicted molar refractivity (Wildman–Crippen MR) is 98.3 cm³/mol. The number of piperidine rings is 1. The Hall–Kier alpha value is -2.12. The Kier molecular flexibility index (Phi) is 6.39. The quantitative estimate of drug-likeness (QED) is 0.769. The summed E-state index contributed by atoms with van der Waals surface area (Å²) < 4.78 is 1.61. The zero-order valence-corrected chi connectivity index (χ0v) is 15.3. The van der Waals surface area contributed by atoms with Crippen molar-refractivity contribution in [3.63, 3.8) is 0 Å². The number of amides is 1. The van der Waals surface area contributed by atoms with E-state index in [4.69, 9.17) is 0 Å². The first-order valence-electron chi connectivity index (χ1n) is 8.23. The van der Waals surface area contributed by atoms with Crippen LogP contribution in [0, 0.1) is 6.92 Å². The monoisotopic (exact) mass is 365 g/mol. The SMILES string of the molecule is Cc1ccc(CC(=O)Nc2nc(C3CCNCC3)nn2C)cc1O.Cl. The van der Waals surface area contributed by atoms with Crippen LogP contribution >= 0.6 is 12.4 Å². The van der Waals surface area contributed by atoms with Crippen molar-refractivity contribution in [2.45, 2.75) is 32.1 Å². The van der Waals surface area contributed by atoms with Crippen LogP contribution in [0.15, 0.2) is 18.2 Å². The second kappa shape index (κ2) is 8.31. The molecule has 0 bridgehead atoms. The fourth-order valence-electron chi connectivity index (χ4n) is 2.89. The molecule has 0 aliphatic carbocycles. The summed E-state index contributed by atoms with van der Waals surface area (Å²) in [5, 5.41) is 20.3. The highest BCUT2D eigenvalue weighted by atomic mass is 35.5.